The summed E-state index contributed by atoms with van der Waals surface area (Å²) >= 11 is 1.29. The molecule has 0 aliphatic heterocycles. The van der Waals surface area contributed by atoms with Crippen LogP contribution in [0, 0.1) is 0 Å². The third kappa shape index (κ3) is 3.92. The van der Waals surface area contributed by atoms with Crippen molar-refractivity contribution >= 4 is 17.5 Å². The van der Waals surface area contributed by atoms with Crippen LogP contribution in [0.15, 0.2) is 84.0 Å². The van der Waals surface area contributed by atoms with Crippen LogP contribution in [0.25, 0.3) is 17.1 Å². The van der Waals surface area contributed by atoms with Gasteiger partial charge in [0.25, 0.3) is 0 Å². The van der Waals surface area contributed by atoms with Crippen LogP contribution in [0.2, 0.25) is 0 Å². The zero-order valence-corrected chi connectivity index (χ0v) is 17.0. The number of Topliss-reactive ketones (excluding diaryl/α,β-unsaturated/α-hetero) is 1. The van der Waals surface area contributed by atoms with Crippen molar-refractivity contribution in [1.82, 2.24) is 14.8 Å². The quantitative estimate of drug-likeness (QED) is 0.349. The normalized spacial score (nSPS) is 10.7. The number of hydrogen-bond acceptors (Lipinski definition) is 6. The van der Waals surface area contributed by atoms with Crippen molar-refractivity contribution in [2.75, 3.05) is 12.9 Å². The molecule has 150 valence electrons. The van der Waals surface area contributed by atoms with E-state index in [1.165, 1.54) is 11.8 Å². The van der Waals surface area contributed by atoms with E-state index >= 15 is 0 Å². The summed E-state index contributed by atoms with van der Waals surface area (Å²) in [5.74, 6) is 1.40. The minimum Gasteiger partial charge on any atom is -0.507 e. The smallest absolute Gasteiger partial charge is 0.196 e. The summed E-state index contributed by atoms with van der Waals surface area (Å²) in [4.78, 5) is 12.6. The Morgan fingerprint density at radius 2 is 1.67 bits per heavy atom. The molecule has 0 saturated carbocycles. The number of nitrogens with zero attached hydrogens (tertiary/aromatic N) is 3. The molecule has 0 fully saturated rings. The summed E-state index contributed by atoms with van der Waals surface area (Å²) in [7, 11) is 1.59. The highest BCUT2D eigenvalue weighted by Gasteiger charge is 2.21. The topological polar surface area (TPSA) is 77.2 Å². The minimum absolute atomic E-state index is 0.000662. The maximum absolute atomic E-state index is 12.6. The van der Waals surface area contributed by atoms with E-state index in [2.05, 4.69) is 10.2 Å². The Morgan fingerprint density at radius 1 is 0.967 bits per heavy atom. The number of carbonyl (C=O) groups excluding carboxylic acids is 1. The lowest BCUT2D eigenvalue weighted by Gasteiger charge is -2.14. The molecule has 0 atom stereocenters. The first-order valence-electron chi connectivity index (χ1n) is 9.27. The van der Waals surface area contributed by atoms with Crippen molar-refractivity contribution in [2.45, 2.75) is 5.16 Å². The number of ether oxygens (including phenoxy) is 1. The van der Waals surface area contributed by atoms with Crippen molar-refractivity contribution < 1.29 is 14.6 Å². The van der Waals surface area contributed by atoms with E-state index in [1.807, 2.05) is 48.5 Å². The lowest BCUT2D eigenvalue weighted by molar-refractivity contribution is 0.102. The molecule has 0 aliphatic carbocycles. The van der Waals surface area contributed by atoms with Crippen LogP contribution in [-0.4, -0.2) is 38.5 Å². The van der Waals surface area contributed by atoms with Crippen LogP contribution in [0.1, 0.15) is 10.4 Å². The van der Waals surface area contributed by atoms with E-state index in [1.54, 1.807) is 42.0 Å². The molecule has 30 heavy (non-hydrogen) atoms. The Kier molecular flexibility index (Phi) is 5.81. The highest BCUT2D eigenvalue weighted by atomic mass is 32.2. The number of aromatic hydroxyl groups is 1. The minimum atomic E-state index is -0.000662. The van der Waals surface area contributed by atoms with Gasteiger partial charge >= 0.3 is 0 Å². The molecule has 4 rings (SSSR count). The summed E-state index contributed by atoms with van der Waals surface area (Å²) in [6.07, 6.45) is 0. The highest BCUT2D eigenvalue weighted by Crippen LogP contribution is 2.35. The van der Waals surface area contributed by atoms with Gasteiger partial charge in [0.05, 0.1) is 24.1 Å². The van der Waals surface area contributed by atoms with Crippen LogP contribution in [-0.2, 0) is 0 Å². The van der Waals surface area contributed by atoms with Gasteiger partial charge in [-0.3, -0.25) is 9.36 Å². The molecule has 3 aromatic carbocycles. The van der Waals surface area contributed by atoms with E-state index in [0.717, 1.165) is 5.69 Å². The van der Waals surface area contributed by atoms with Gasteiger partial charge in [0.2, 0.25) is 0 Å². The first-order valence-corrected chi connectivity index (χ1v) is 10.3. The van der Waals surface area contributed by atoms with Crippen molar-refractivity contribution in [2.24, 2.45) is 0 Å². The number of methoxy groups -OCH3 is 1. The maximum atomic E-state index is 12.6. The molecule has 0 amide bonds. The van der Waals surface area contributed by atoms with Gasteiger partial charge in [0.15, 0.2) is 16.8 Å². The zero-order chi connectivity index (χ0) is 20.9. The lowest BCUT2D eigenvalue weighted by Crippen LogP contribution is -2.06. The molecule has 0 spiro atoms. The number of phenolic OH excluding ortho intramolecular Hbond substituents is 1. The number of aromatic nitrogens is 3. The number of rotatable bonds is 7. The molecule has 0 saturated heterocycles. The number of carbonyl (C=O) groups is 1. The summed E-state index contributed by atoms with van der Waals surface area (Å²) in [5, 5.41) is 19.5. The second-order valence-corrected chi connectivity index (χ2v) is 7.35. The molecule has 0 unspecified atom stereocenters. The fraction of sp³-hybridized carbons (Fsp3) is 0.0870. The van der Waals surface area contributed by atoms with Crippen molar-refractivity contribution in [3.8, 4) is 28.6 Å². The molecule has 1 aromatic heterocycles. The summed E-state index contributed by atoms with van der Waals surface area (Å²) in [6.45, 7) is 0. The molecule has 7 heteroatoms. The summed E-state index contributed by atoms with van der Waals surface area (Å²) < 4.78 is 7.33. The molecule has 1 N–H and O–H groups in total. The van der Waals surface area contributed by atoms with Gasteiger partial charge in [-0.05, 0) is 24.3 Å². The molecule has 0 radical (unpaired) electrons. The lowest BCUT2D eigenvalue weighted by atomic mass is 10.2. The van der Waals surface area contributed by atoms with E-state index < -0.39 is 0 Å². The van der Waals surface area contributed by atoms with Gasteiger partial charge < -0.3 is 9.84 Å². The Labute approximate surface area is 178 Å². The van der Waals surface area contributed by atoms with Crippen LogP contribution in [0.3, 0.4) is 0 Å². The second-order valence-electron chi connectivity index (χ2n) is 6.41. The third-order valence-electron chi connectivity index (χ3n) is 4.53. The monoisotopic (exact) mass is 417 g/mol. The first kappa shape index (κ1) is 19.7. The Morgan fingerprint density at radius 3 is 2.43 bits per heavy atom. The van der Waals surface area contributed by atoms with Crippen LogP contribution >= 0.6 is 11.8 Å². The fourth-order valence-electron chi connectivity index (χ4n) is 3.07. The van der Waals surface area contributed by atoms with Crippen molar-refractivity contribution in [1.29, 1.82) is 0 Å². The van der Waals surface area contributed by atoms with Gasteiger partial charge in [-0.2, -0.15) is 0 Å². The van der Waals surface area contributed by atoms with E-state index in [4.69, 9.17) is 4.74 Å². The molecule has 4 aromatic rings. The Hall–Kier alpha value is -3.58. The Balaban J connectivity index is 1.76. The van der Waals surface area contributed by atoms with E-state index in [9.17, 15) is 9.90 Å². The average Bonchev–Trinajstić information content (AvgIpc) is 3.21. The molecule has 6 nitrogen and oxygen atoms in total. The number of benzene rings is 3. The van der Waals surface area contributed by atoms with Gasteiger partial charge in [-0.15, -0.1) is 10.2 Å². The summed E-state index contributed by atoms with van der Waals surface area (Å²) in [6, 6.07) is 23.6. The Bertz CT molecular complexity index is 1180. The predicted molar refractivity (Wildman–Crippen MR) is 117 cm³/mol. The standard InChI is InChI=1S/C23H19N3O3S/c1-29-21-14-8-6-12-18(21)26-22(17-11-5-7-13-19(17)27)24-25-23(26)30-15-20(28)16-9-3-2-4-10-16/h2-14,27H,15H2,1H3. The zero-order valence-electron chi connectivity index (χ0n) is 16.2. The van der Waals surface area contributed by atoms with Crippen molar-refractivity contribution in [3.05, 3.63) is 84.4 Å². The number of ketones is 1. The number of para-hydroxylation sites is 3. The van der Waals surface area contributed by atoms with Gasteiger partial charge in [0.1, 0.15) is 11.5 Å². The van der Waals surface area contributed by atoms with Gasteiger partial charge in [0, 0.05) is 5.56 Å². The fourth-order valence-corrected chi connectivity index (χ4v) is 3.91. The van der Waals surface area contributed by atoms with Gasteiger partial charge in [-0.1, -0.05) is 66.4 Å². The predicted octanol–water partition coefficient (Wildman–Crippen LogP) is 4.62. The molecular formula is C23H19N3O3S. The number of hydrogen-bond donors (Lipinski definition) is 1. The molecular weight excluding hydrogens is 398 g/mol. The SMILES string of the molecule is COc1ccccc1-n1c(SCC(=O)c2ccccc2)nnc1-c1ccccc1O. The second kappa shape index (κ2) is 8.84. The first-order chi connectivity index (χ1) is 14.7. The molecule has 0 bridgehead atoms. The number of phenols is 1. The highest BCUT2D eigenvalue weighted by molar-refractivity contribution is 7.99. The third-order valence-corrected chi connectivity index (χ3v) is 5.46. The largest absolute Gasteiger partial charge is 0.507 e. The molecule has 1 heterocycles. The van der Waals surface area contributed by atoms with Gasteiger partial charge in [-0.25, -0.2) is 0 Å². The van der Waals surface area contributed by atoms with E-state index in [-0.39, 0.29) is 17.3 Å². The summed E-state index contributed by atoms with van der Waals surface area (Å²) in [5.41, 5.74) is 1.91. The van der Waals surface area contributed by atoms with Crippen molar-refractivity contribution in [3.63, 3.8) is 0 Å². The van der Waals surface area contributed by atoms with Crippen LogP contribution < -0.4 is 4.74 Å². The van der Waals surface area contributed by atoms with E-state index in [0.29, 0.717) is 27.9 Å². The number of thioether (sulfide) groups is 1. The van der Waals surface area contributed by atoms with Crippen LogP contribution in [0.4, 0.5) is 0 Å². The van der Waals surface area contributed by atoms with Crippen LogP contribution in [0.5, 0.6) is 11.5 Å². The molecule has 0 aliphatic rings. The maximum Gasteiger partial charge on any atom is 0.196 e. The average molecular weight is 417 g/mol.